The van der Waals surface area contributed by atoms with Crippen LogP contribution in [0.5, 0.6) is 0 Å². The van der Waals surface area contributed by atoms with Crippen molar-refractivity contribution in [1.82, 2.24) is 4.98 Å². The number of aromatic nitrogens is 1. The van der Waals surface area contributed by atoms with Crippen molar-refractivity contribution in [2.24, 2.45) is 21.7 Å². The molecule has 0 spiro atoms. The van der Waals surface area contributed by atoms with Crippen molar-refractivity contribution in [1.29, 1.82) is 0 Å². The number of pyridine rings is 1. The highest BCUT2D eigenvalue weighted by Crippen LogP contribution is 2.52. The van der Waals surface area contributed by atoms with E-state index in [1.165, 1.54) is 6.20 Å². The molecule has 4 N–H and O–H groups in total. The summed E-state index contributed by atoms with van der Waals surface area (Å²) in [4.78, 5) is 14.7. The second-order valence-electron chi connectivity index (χ2n) is 6.10. The third kappa shape index (κ3) is 3.71. The monoisotopic (exact) mass is 293 g/mol. The first-order valence-electron chi connectivity index (χ1n) is 6.86. The van der Waals surface area contributed by atoms with Gasteiger partial charge in [-0.25, -0.2) is 0 Å². The average Bonchev–Trinajstić information content (AvgIpc) is 2.75. The summed E-state index contributed by atoms with van der Waals surface area (Å²) in [6.07, 6.45) is 6.06. The molecule has 1 saturated carbocycles. The fraction of sp³-hybridized carbons (Fsp3) is 0.533. The van der Waals surface area contributed by atoms with Gasteiger partial charge in [-0.2, -0.15) is 0 Å². The standard InChI is InChI=1S/C9H16O2.C6H7N3O/c1-8(2)5-4-6-9(8,3)7(10)11;7-6(9-10)5-2-1-3-8-4-5/h4-6H2,1-3H3,(H,10,11);1-4,10H,(H2,7,9). The number of carboxylic acids is 1. The molecule has 1 aromatic rings. The normalized spacial score (nSPS) is 24.0. The molecule has 1 atom stereocenters. The smallest absolute Gasteiger partial charge is 0.309 e. The van der Waals surface area contributed by atoms with Gasteiger partial charge < -0.3 is 16.0 Å². The Bertz CT molecular complexity index is 514. The summed E-state index contributed by atoms with van der Waals surface area (Å²) < 4.78 is 0. The van der Waals surface area contributed by atoms with Crippen LogP contribution in [0.15, 0.2) is 29.7 Å². The molecule has 0 saturated heterocycles. The Morgan fingerprint density at radius 1 is 1.38 bits per heavy atom. The van der Waals surface area contributed by atoms with E-state index in [9.17, 15) is 4.79 Å². The molecule has 6 heteroatoms. The summed E-state index contributed by atoms with van der Waals surface area (Å²) in [7, 11) is 0. The third-order valence-corrected chi connectivity index (χ3v) is 4.51. The number of rotatable bonds is 2. The molecule has 1 heterocycles. The van der Waals surface area contributed by atoms with E-state index in [1.54, 1.807) is 18.3 Å². The molecule has 0 amide bonds. The topological polar surface area (TPSA) is 109 Å². The summed E-state index contributed by atoms with van der Waals surface area (Å²) in [5.41, 5.74) is 5.35. The molecule has 2 rings (SSSR count). The van der Waals surface area contributed by atoms with Crippen LogP contribution in [-0.4, -0.2) is 27.1 Å². The largest absolute Gasteiger partial charge is 0.481 e. The highest BCUT2D eigenvalue weighted by atomic mass is 16.4. The predicted octanol–water partition coefficient (Wildman–Crippen LogP) is 2.46. The van der Waals surface area contributed by atoms with Crippen molar-refractivity contribution in [3.63, 3.8) is 0 Å². The molecular weight excluding hydrogens is 270 g/mol. The Labute approximate surface area is 124 Å². The molecule has 21 heavy (non-hydrogen) atoms. The van der Waals surface area contributed by atoms with E-state index in [0.717, 1.165) is 19.3 Å². The van der Waals surface area contributed by atoms with Gasteiger partial charge in [0, 0.05) is 18.0 Å². The van der Waals surface area contributed by atoms with Gasteiger partial charge in [0.05, 0.1) is 5.41 Å². The SMILES string of the molecule is CC1(C)CCCC1(C)C(=O)O.NC(=NO)c1cccnc1. The van der Waals surface area contributed by atoms with Gasteiger partial charge in [-0.3, -0.25) is 9.78 Å². The number of hydrogen-bond acceptors (Lipinski definition) is 4. The zero-order valence-electron chi connectivity index (χ0n) is 12.7. The maximum absolute atomic E-state index is 10.9. The molecule has 1 fully saturated rings. The maximum atomic E-state index is 10.9. The van der Waals surface area contributed by atoms with Crippen molar-refractivity contribution in [3.8, 4) is 0 Å². The lowest BCUT2D eigenvalue weighted by Gasteiger charge is -2.33. The molecule has 0 aromatic carbocycles. The molecule has 116 valence electrons. The van der Waals surface area contributed by atoms with Crippen LogP contribution in [0.4, 0.5) is 0 Å². The Kier molecular flexibility index (Phi) is 5.29. The lowest BCUT2D eigenvalue weighted by Crippen LogP contribution is -2.37. The van der Waals surface area contributed by atoms with Gasteiger partial charge in [0.2, 0.25) is 0 Å². The minimum atomic E-state index is -0.639. The quantitative estimate of drug-likeness (QED) is 0.336. The number of nitrogens with two attached hydrogens (primary N) is 1. The Morgan fingerprint density at radius 3 is 2.38 bits per heavy atom. The molecule has 0 aliphatic heterocycles. The van der Waals surface area contributed by atoms with Crippen LogP contribution in [0.2, 0.25) is 0 Å². The van der Waals surface area contributed by atoms with Gasteiger partial charge in [-0.15, -0.1) is 0 Å². The first kappa shape index (κ1) is 16.9. The number of aliphatic carboxylic acids is 1. The molecule has 1 aromatic heterocycles. The van der Waals surface area contributed by atoms with Crippen molar-refractivity contribution < 1.29 is 15.1 Å². The molecule has 6 nitrogen and oxygen atoms in total. The number of nitrogens with zero attached hydrogens (tertiary/aromatic N) is 2. The number of carboxylic acid groups (broad SMARTS) is 1. The van der Waals surface area contributed by atoms with Gasteiger partial charge in [0.15, 0.2) is 5.84 Å². The molecule has 1 aliphatic carbocycles. The van der Waals surface area contributed by atoms with Crippen molar-refractivity contribution in [3.05, 3.63) is 30.1 Å². The molecular formula is C15H23N3O3. The molecule has 0 bridgehead atoms. The number of carbonyl (C=O) groups is 1. The second-order valence-corrected chi connectivity index (χ2v) is 6.10. The van der Waals surface area contributed by atoms with Gasteiger partial charge in [-0.05, 0) is 37.3 Å². The van der Waals surface area contributed by atoms with E-state index < -0.39 is 11.4 Å². The van der Waals surface area contributed by atoms with Crippen LogP contribution in [0, 0.1) is 10.8 Å². The Balaban J connectivity index is 0.000000211. The Morgan fingerprint density at radius 2 is 2.05 bits per heavy atom. The van der Waals surface area contributed by atoms with E-state index in [1.807, 2.05) is 20.8 Å². The summed E-state index contributed by atoms with van der Waals surface area (Å²) in [6.45, 7) is 5.96. The molecule has 1 unspecified atom stereocenters. The first-order chi connectivity index (χ1) is 9.74. The van der Waals surface area contributed by atoms with Crippen molar-refractivity contribution in [2.75, 3.05) is 0 Å². The maximum Gasteiger partial charge on any atom is 0.309 e. The lowest BCUT2D eigenvalue weighted by molar-refractivity contribution is -0.153. The summed E-state index contributed by atoms with van der Waals surface area (Å²) in [5.74, 6) is -0.562. The van der Waals surface area contributed by atoms with Crippen LogP contribution >= 0.6 is 0 Å². The fourth-order valence-corrected chi connectivity index (χ4v) is 2.47. The van der Waals surface area contributed by atoms with E-state index in [2.05, 4.69) is 10.1 Å². The van der Waals surface area contributed by atoms with Crippen LogP contribution in [0.25, 0.3) is 0 Å². The van der Waals surface area contributed by atoms with E-state index in [-0.39, 0.29) is 11.3 Å². The predicted molar refractivity (Wildman–Crippen MR) is 80.1 cm³/mol. The highest BCUT2D eigenvalue weighted by molar-refractivity contribution is 5.96. The van der Waals surface area contributed by atoms with Gasteiger partial charge >= 0.3 is 5.97 Å². The third-order valence-electron chi connectivity index (χ3n) is 4.51. The number of hydrogen-bond donors (Lipinski definition) is 3. The first-order valence-corrected chi connectivity index (χ1v) is 6.86. The van der Waals surface area contributed by atoms with Gasteiger partial charge in [-0.1, -0.05) is 25.4 Å². The Hall–Kier alpha value is -2.11. The fourth-order valence-electron chi connectivity index (χ4n) is 2.47. The number of amidine groups is 1. The highest BCUT2D eigenvalue weighted by Gasteiger charge is 2.50. The van der Waals surface area contributed by atoms with Crippen LogP contribution in [0.1, 0.15) is 45.6 Å². The second kappa shape index (κ2) is 6.56. The van der Waals surface area contributed by atoms with E-state index in [0.29, 0.717) is 5.56 Å². The number of oxime groups is 1. The van der Waals surface area contributed by atoms with Gasteiger partial charge in [0.25, 0.3) is 0 Å². The van der Waals surface area contributed by atoms with Crippen LogP contribution in [0.3, 0.4) is 0 Å². The van der Waals surface area contributed by atoms with Crippen LogP contribution < -0.4 is 5.73 Å². The average molecular weight is 293 g/mol. The minimum Gasteiger partial charge on any atom is -0.481 e. The van der Waals surface area contributed by atoms with E-state index in [4.69, 9.17) is 16.0 Å². The van der Waals surface area contributed by atoms with E-state index >= 15 is 0 Å². The van der Waals surface area contributed by atoms with Gasteiger partial charge in [0.1, 0.15) is 0 Å². The molecule has 0 radical (unpaired) electrons. The minimum absolute atomic E-state index is 0.0289. The zero-order valence-corrected chi connectivity index (χ0v) is 12.7. The van der Waals surface area contributed by atoms with Crippen molar-refractivity contribution >= 4 is 11.8 Å². The summed E-state index contributed by atoms with van der Waals surface area (Å²) in [6, 6.07) is 3.43. The van der Waals surface area contributed by atoms with Crippen molar-refractivity contribution in [2.45, 2.75) is 40.0 Å². The lowest BCUT2D eigenvalue weighted by atomic mass is 9.69. The van der Waals surface area contributed by atoms with Crippen LogP contribution in [-0.2, 0) is 4.79 Å². The zero-order chi connectivity index (χ0) is 16.1. The summed E-state index contributed by atoms with van der Waals surface area (Å²) in [5, 5.41) is 20.0. The molecule has 1 aliphatic rings. The summed E-state index contributed by atoms with van der Waals surface area (Å²) >= 11 is 0.